The van der Waals surface area contributed by atoms with E-state index in [2.05, 4.69) is 58.7 Å². The fraction of sp³-hybridized carbons (Fsp3) is 0.593. The van der Waals surface area contributed by atoms with E-state index in [-0.39, 0.29) is 5.91 Å². The molecule has 4 heterocycles. The molecule has 4 atom stereocenters. The zero-order valence-corrected chi connectivity index (χ0v) is 19.0. The Morgan fingerprint density at radius 1 is 1.10 bits per heavy atom. The van der Waals surface area contributed by atoms with Crippen molar-refractivity contribution in [2.24, 2.45) is 11.8 Å². The molecule has 1 amide bonds. The molecule has 31 heavy (non-hydrogen) atoms. The van der Waals surface area contributed by atoms with Crippen LogP contribution < -0.4 is 0 Å². The van der Waals surface area contributed by atoms with Crippen LogP contribution in [-0.2, 0) is 0 Å². The van der Waals surface area contributed by atoms with E-state index in [1.807, 2.05) is 6.07 Å². The van der Waals surface area contributed by atoms with Gasteiger partial charge in [-0.15, -0.1) is 0 Å². The van der Waals surface area contributed by atoms with E-state index in [9.17, 15) is 4.79 Å². The molecule has 0 N–H and O–H groups in total. The standard InChI is InChI=1S/C27H35N3O/c1-18(2)29-13-10-19-8-9-21(16-25(19)29)27(31)30-12-5-6-20-14-22-15-23(26(20)30)17-28-11-4-3-7-24(22)28/h8-10,13-14,16,18,22-24,26H,3-7,11-12,15,17H2,1-2H3/t22-,23+,24-,26-/m1/s1. The monoisotopic (exact) mass is 417 g/mol. The molecule has 164 valence electrons. The molecule has 0 spiro atoms. The van der Waals surface area contributed by atoms with Gasteiger partial charge in [0.1, 0.15) is 0 Å². The van der Waals surface area contributed by atoms with E-state index in [0.717, 1.165) is 24.6 Å². The Kier molecular flexibility index (Phi) is 4.75. The Morgan fingerprint density at radius 2 is 2.00 bits per heavy atom. The lowest BCUT2D eigenvalue weighted by atomic mass is 9.68. The van der Waals surface area contributed by atoms with Gasteiger partial charge in [0.15, 0.2) is 0 Å². The summed E-state index contributed by atoms with van der Waals surface area (Å²) in [5, 5.41) is 1.22. The van der Waals surface area contributed by atoms with Gasteiger partial charge in [0.25, 0.3) is 5.91 Å². The average molecular weight is 418 g/mol. The molecule has 6 rings (SSSR count). The van der Waals surface area contributed by atoms with E-state index < -0.39 is 0 Å². The van der Waals surface area contributed by atoms with Gasteiger partial charge >= 0.3 is 0 Å². The summed E-state index contributed by atoms with van der Waals surface area (Å²) in [6.07, 6.45) is 12.4. The summed E-state index contributed by atoms with van der Waals surface area (Å²) >= 11 is 0. The first-order chi connectivity index (χ1) is 15.1. The van der Waals surface area contributed by atoms with Crippen LogP contribution in [0.1, 0.15) is 68.8 Å². The Bertz CT molecular complexity index is 1030. The van der Waals surface area contributed by atoms with Gasteiger partial charge < -0.3 is 9.47 Å². The molecule has 1 aliphatic carbocycles. The zero-order valence-electron chi connectivity index (χ0n) is 19.0. The highest BCUT2D eigenvalue weighted by Gasteiger charge is 2.47. The molecule has 1 aromatic carbocycles. The molecule has 2 bridgehead atoms. The van der Waals surface area contributed by atoms with Gasteiger partial charge in [-0.1, -0.05) is 24.1 Å². The van der Waals surface area contributed by atoms with Gasteiger partial charge in [-0.3, -0.25) is 9.69 Å². The number of benzene rings is 1. The van der Waals surface area contributed by atoms with Crippen molar-refractivity contribution in [3.8, 4) is 0 Å². The van der Waals surface area contributed by atoms with Gasteiger partial charge in [0, 0.05) is 42.5 Å². The van der Waals surface area contributed by atoms with E-state index in [4.69, 9.17) is 0 Å². The number of carbonyl (C=O) groups is 1. The first-order valence-corrected chi connectivity index (χ1v) is 12.5. The van der Waals surface area contributed by atoms with Crippen LogP contribution in [-0.4, -0.2) is 52.0 Å². The smallest absolute Gasteiger partial charge is 0.254 e. The van der Waals surface area contributed by atoms with E-state index in [1.54, 1.807) is 5.57 Å². The Balaban J connectivity index is 1.33. The highest BCUT2D eigenvalue weighted by molar-refractivity contribution is 5.98. The molecular formula is C27H35N3O. The predicted molar refractivity (Wildman–Crippen MR) is 125 cm³/mol. The number of carbonyl (C=O) groups excluding carboxylic acids is 1. The summed E-state index contributed by atoms with van der Waals surface area (Å²) in [5.41, 5.74) is 3.59. The molecule has 0 radical (unpaired) electrons. The number of rotatable bonds is 2. The van der Waals surface area contributed by atoms with Crippen molar-refractivity contribution in [2.45, 2.75) is 70.5 Å². The molecule has 3 aliphatic heterocycles. The molecule has 3 saturated heterocycles. The minimum atomic E-state index is 0.230. The Hall–Kier alpha value is -2.07. The summed E-state index contributed by atoms with van der Waals surface area (Å²) in [6.45, 7) is 7.73. The predicted octanol–water partition coefficient (Wildman–Crippen LogP) is 5.26. The maximum absolute atomic E-state index is 13.8. The van der Waals surface area contributed by atoms with Gasteiger partial charge in [0.2, 0.25) is 0 Å². The fourth-order valence-corrected chi connectivity index (χ4v) is 7.10. The summed E-state index contributed by atoms with van der Waals surface area (Å²) in [6, 6.07) is 9.91. The highest BCUT2D eigenvalue weighted by Crippen LogP contribution is 2.45. The maximum Gasteiger partial charge on any atom is 0.254 e. The van der Waals surface area contributed by atoms with Crippen LogP contribution >= 0.6 is 0 Å². The third-order valence-electron chi connectivity index (χ3n) is 8.44. The van der Waals surface area contributed by atoms with E-state index in [1.165, 1.54) is 56.1 Å². The largest absolute Gasteiger partial charge is 0.345 e. The molecule has 2 aromatic rings. The normalized spacial score (nSPS) is 30.8. The number of likely N-dealkylation sites (tertiary alicyclic amines) is 1. The van der Waals surface area contributed by atoms with Crippen LogP contribution in [0.5, 0.6) is 0 Å². The molecule has 0 saturated carbocycles. The quantitative estimate of drug-likeness (QED) is 0.624. The third kappa shape index (κ3) is 3.17. The van der Waals surface area contributed by atoms with Crippen LogP contribution in [0.3, 0.4) is 0 Å². The summed E-state index contributed by atoms with van der Waals surface area (Å²) in [7, 11) is 0. The zero-order chi connectivity index (χ0) is 21.1. The number of amides is 1. The van der Waals surface area contributed by atoms with Crippen molar-refractivity contribution in [1.29, 1.82) is 0 Å². The summed E-state index contributed by atoms with van der Waals surface area (Å²) in [5.74, 6) is 1.55. The lowest BCUT2D eigenvalue weighted by Crippen LogP contribution is -2.60. The minimum absolute atomic E-state index is 0.230. The van der Waals surface area contributed by atoms with Gasteiger partial charge in [0.05, 0.1) is 6.04 Å². The lowest BCUT2D eigenvalue weighted by Gasteiger charge is -2.54. The lowest BCUT2D eigenvalue weighted by molar-refractivity contribution is 0.00148. The third-order valence-corrected chi connectivity index (χ3v) is 8.44. The summed E-state index contributed by atoms with van der Waals surface area (Å²) < 4.78 is 2.27. The van der Waals surface area contributed by atoms with Crippen molar-refractivity contribution < 1.29 is 4.79 Å². The molecule has 4 heteroatoms. The number of nitrogens with zero attached hydrogens (tertiary/aromatic N) is 3. The number of hydrogen-bond donors (Lipinski definition) is 0. The molecule has 3 fully saturated rings. The van der Waals surface area contributed by atoms with Crippen LogP contribution in [0, 0.1) is 11.8 Å². The summed E-state index contributed by atoms with van der Waals surface area (Å²) in [4.78, 5) is 18.8. The number of fused-ring (bicyclic) bond motifs is 7. The second-order valence-corrected chi connectivity index (χ2v) is 10.6. The second kappa shape index (κ2) is 7.51. The minimum Gasteiger partial charge on any atom is -0.345 e. The maximum atomic E-state index is 13.8. The van der Waals surface area contributed by atoms with Crippen molar-refractivity contribution in [2.75, 3.05) is 19.6 Å². The molecular weight excluding hydrogens is 382 g/mol. The fourth-order valence-electron chi connectivity index (χ4n) is 7.10. The highest BCUT2D eigenvalue weighted by atomic mass is 16.2. The van der Waals surface area contributed by atoms with E-state index in [0.29, 0.717) is 23.9 Å². The molecule has 0 unspecified atom stereocenters. The van der Waals surface area contributed by atoms with Gasteiger partial charge in [-0.05, 0) is 87.9 Å². The van der Waals surface area contributed by atoms with Crippen LogP contribution in [0.4, 0.5) is 0 Å². The Labute approximate surface area is 185 Å². The van der Waals surface area contributed by atoms with E-state index >= 15 is 0 Å². The van der Waals surface area contributed by atoms with Crippen molar-refractivity contribution >= 4 is 16.8 Å². The second-order valence-electron chi connectivity index (χ2n) is 10.6. The van der Waals surface area contributed by atoms with Crippen molar-refractivity contribution in [3.05, 3.63) is 47.7 Å². The van der Waals surface area contributed by atoms with Crippen molar-refractivity contribution in [3.63, 3.8) is 0 Å². The van der Waals surface area contributed by atoms with Crippen LogP contribution in [0.25, 0.3) is 10.9 Å². The average Bonchev–Trinajstić information content (AvgIpc) is 3.22. The van der Waals surface area contributed by atoms with Crippen LogP contribution in [0.15, 0.2) is 42.1 Å². The number of aromatic nitrogens is 1. The molecule has 4 aliphatic rings. The number of piperidine rings is 3. The topological polar surface area (TPSA) is 28.5 Å². The first kappa shape index (κ1) is 19.6. The Morgan fingerprint density at radius 3 is 2.87 bits per heavy atom. The van der Waals surface area contributed by atoms with Crippen LogP contribution in [0.2, 0.25) is 0 Å². The number of hydrogen-bond acceptors (Lipinski definition) is 2. The van der Waals surface area contributed by atoms with Crippen molar-refractivity contribution in [1.82, 2.24) is 14.4 Å². The molecule has 4 nitrogen and oxygen atoms in total. The van der Waals surface area contributed by atoms with Gasteiger partial charge in [-0.2, -0.15) is 0 Å². The molecule has 1 aromatic heterocycles. The first-order valence-electron chi connectivity index (χ1n) is 12.5. The SMILES string of the molecule is CC(C)n1ccc2ccc(C(=O)N3CCCC4=C[C@@H]5C[C@@H](CN6CCCC[C@H]56)[C@@H]43)cc21. The van der Waals surface area contributed by atoms with Gasteiger partial charge in [-0.25, -0.2) is 0 Å².